The fourth-order valence-electron chi connectivity index (χ4n) is 2.16. The summed E-state index contributed by atoms with van der Waals surface area (Å²) >= 11 is 2.19. The molecule has 154 valence electrons. The third-order valence-electron chi connectivity index (χ3n) is 3.80. The molecule has 0 unspecified atom stereocenters. The summed E-state index contributed by atoms with van der Waals surface area (Å²) in [6.07, 6.45) is 1.41. The van der Waals surface area contributed by atoms with Crippen LogP contribution < -0.4 is 4.74 Å². The van der Waals surface area contributed by atoms with Crippen molar-refractivity contribution in [2.75, 3.05) is 0 Å². The molecule has 0 aliphatic carbocycles. The molecule has 0 aliphatic heterocycles. The van der Waals surface area contributed by atoms with Crippen LogP contribution in [0.5, 0.6) is 5.75 Å². The Morgan fingerprint density at radius 3 is 1.63 bits per heavy atom. The number of benzene rings is 2. The number of allylic oxidation sites excluding steroid dienone is 1. The Kier molecular flexibility index (Phi) is 8.45. The maximum absolute atomic E-state index is 12.2. The fourth-order valence-corrected chi connectivity index (χ4v) is 3.48. The lowest BCUT2D eigenvalue weighted by Gasteiger charge is -2.06. The number of esters is 1. The summed E-state index contributed by atoms with van der Waals surface area (Å²) in [4.78, 5) is 37.2. The topological polar surface area (TPSA) is 60.4 Å². The van der Waals surface area contributed by atoms with E-state index in [9.17, 15) is 14.4 Å². The van der Waals surface area contributed by atoms with Gasteiger partial charge in [0, 0.05) is 15.9 Å². The Labute approximate surface area is 185 Å². The SMILES string of the molecule is C=C(C)C(=O)Sc1ccc(OC(=O)/C=C(\C)c2ccc(SC(=O)C(=C)C)cc2)cc1. The Morgan fingerprint density at radius 1 is 0.767 bits per heavy atom. The fraction of sp³-hybridized carbons (Fsp3) is 0.125. The van der Waals surface area contributed by atoms with Crippen LogP contribution in [0.15, 0.2) is 88.7 Å². The molecule has 2 aromatic carbocycles. The first kappa shape index (κ1) is 23.4. The molecule has 0 radical (unpaired) electrons. The van der Waals surface area contributed by atoms with Crippen molar-refractivity contribution in [2.24, 2.45) is 0 Å². The lowest BCUT2D eigenvalue weighted by atomic mass is 10.1. The van der Waals surface area contributed by atoms with Crippen LogP contribution in [-0.2, 0) is 14.4 Å². The van der Waals surface area contributed by atoms with E-state index in [0.717, 1.165) is 44.5 Å². The Balaban J connectivity index is 1.98. The quantitative estimate of drug-likeness (QED) is 0.226. The molecule has 0 spiro atoms. The highest BCUT2D eigenvalue weighted by Gasteiger charge is 2.09. The van der Waals surface area contributed by atoms with E-state index in [4.69, 9.17) is 4.74 Å². The molecule has 0 heterocycles. The van der Waals surface area contributed by atoms with Crippen molar-refractivity contribution in [1.82, 2.24) is 0 Å². The molecule has 0 amide bonds. The smallest absolute Gasteiger partial charge is 0.336 e. The highest BCUT2D eigenvalue weighted by Crippen LogP contribution is 2.25. The molecule has 0 fully saturated rings. The molecule has 30 heavy (non-hydrogen) atoms. The molecule has 0 atom stereocenters. The van der Waals surface area contributed by atoms with Crippen LogP contribution >= 0.6 is 23.5 Å². The van der Waals surface area contributed by atoms with Crippen molar-refractivity contribution >= 4 is 45.3 Å². The molecule has 0 bridgehead atoms. The summed E-state index contributed by atoms with van der Waals surface area (Å²) in [6, 6.07) is 14.0. The van der Waals surface area contributed by atoms with Gasteiger partial charge >= 0.3 is 5.97 Å². The minimum atomic E-state index is -0.498. The van der Waals surface area contributed by atoms with Crippen molar-refractivity contribution in [3.05, 3.63) is 84.5 Å². The van der Waals surface area contributed by atoms with Gasteiger partial charge in [0.1, 0.15) is 5.75 Å². The van der Waals surface area contributed by atoms with E-state index >= 15 is 0 Å². The second-order valence-electron chi connectivity index (χ2n) is 6.58. The summed E-state index contributed by atoms with van der Waals surface area (Å²) < 4.78 is 5.33. The van der Waals surface area contributed by atoms with Gasteiger partial charge in [-0.2, -0.15) is 0 Å². The molecule has 0 N–H and O–H groups in total. The summed E-state index contributed by atoms with van der Waals surface area (Å²) in [5, 5.41) is -0.182. The van der Waals surface area contributed by atoms with Gasteiger partial charge in [-0.15, -0.1) is 0 Å². The zero-order valence-electron chi connectivity index (χ0n) is 17.1. The molecule has 4 nitrogen and oxygen atoms in total. The van der Waals surface area contributed by atoms with Crippen molar-refractivity contribution in [1.29, 1.82) is 0 Å². The van der Waals surface area contributed by atoms with E-state index in [1.807, 2.05) is 31.2 Å². The maximum atomic E-state index is 12.2. The average molecular weight is 439 g/mol. The summed E-state index contributed by atoms with van der Waals surface area (Å²) in [6.45, 7) is 12.4. The van der Waals surface area contributed by atoms with Crippen LogP contribution in [0.25, 0.3) is 5.57 Å². The normalized spacial score (nSPS) is 11.0. The maximum Gasteiger partial charge on any atom is 0.336 e. The Bertz CT molecular complexity index is 1020. The van der Waals surface area contributed by atoms with E-state index in [-0.39, 0.29) is 10.2 Å². The summed E-state index contributed by atoms with van der Waals surface area (Å²) in [5.41, 5.74) is 2.56. The molecule has 0 saturated heterocycles. The van der Waals surface area contributed by atoms with Gasteiger partial charge in [-0.05, 0) is 103 Å². The van der Waals surface area contributed by atoms with Crippen LogP contribution in [0.4, 0.5) is 0 Å². The minimum Gasteiger partial charge on any atom is -0.423 e. The lowest BCUT2D eigenvalue weighted by Crippen LogP contribution is -2.04. The number of rotatable bonds is 7. The Morgan fingerprint density at radius 2 is 1.20 bits per heavy atom. The predicted molar refractivity (Wildman–Crippen MR) is 124 cm³/mol. The molecule has 2 rings (SSSR count). The second-order valence-corrected chi connectivity index (χ2v) is 8.68. The monoisotopic (exact) mass is 438 g/mol. The van der Waals surface area contributed by atoms with E-state index in [1.165, 1.54) is 6.08 Å². The van der Waals surface area contributed by atoms with Gasteiger partial charge in [0.25, 0.3) is 0 Å². The number of ether oxygens (including phenoxy) is 1. The minimum absolute atomic E-state index is 0.0768. The van der Waals surface area contributed by atoms with Crippen molar-refractivity contribution < 1.29 is 19.1 Å². The van der Waals surface area contributed by atoms with Crippen molar-refractivity contribution in [3.63, 3.8) is 0 Å². The molecular weight excluding hydrogens is 416 g/mol. The van der Waals surface area contributed by atoms with Crippen molar-refractivity contribution in [2.45, 2.75) is 30.6 Å². The number of carbonyl (C=O) groups is 3. The van der Waals surface area contributed by atoms with Gasteiger partial charge in [-0.3, -0.25) is 9.59 Å². The van der Waals surface area contributed by atoms with E-state index in [1.54, 1.807) is 38.1 Å². The van der Waals surface area contributed by atoms with Gasteiger partial charge in [-0.1, -0.05) is 25.3 Å². The summed E-state index contributed by atoms with van der Waals surface area (Å²) in [7, 11) is 0. The van der Waals surface area contributed by atoms with E-state index < -0.39 is 5.97 Å². The highest BCUT2D eigenvalue weighted by atomic mass is 32.2. The van der Waals surface area contributed by atoms with E-state index in [2.05, 4.69) is 13.2 Å². The molecule has 6 heteroatoms. The first-order chi connectivity index (χ1) is 14.2. The first-order valence-electron chi connectivity index (χ1n) is 9.01. The average Bonchev–Trinajstić information content (AvgIpc) is 2.69. The molecule has 0 saturated carbocycles. The lowest BCUT2D eigenvalue weighted by molar-refractivity contribution is -0.129. The largest absolute Gasteiger partial charge is 0.423 e. The molecule has 0 aliphatic rings. The van der Waals surface area contributed by atoms with Gasteiger partial charge < -0.3 is 4.74 Å². The predicted octanol–water partition coefficient (Wildman–Crippen LogP) is 6.09. The van der Waals surface area contributed by atoms with Gasteiger partial charge in [0.2, 0.25) is 10.2 Å². The van der Waals surface area contributed by atoms with Crippen molar-refractivity contribution in [3.8, 4) is 5.75 Å². The zero-order valence-corrected chi connectivity index (χ0v) is 18.7. The number of carbonyl (C=O) groups excluding carboxylic acids is 3. The van der Waals surface area contributed by atoms with Crippen LogP contribution in [-0.4, -0.2) is 16.2 Å². The third-order valence-corrected chi connectivity index (χ3v) is 5.89. The number of thioether (sulfide) groups is 2. The van der Waals surface area contributed by atoms with Crippen LogP contribution in [0.2, 0.25) is 0 Å². The Hall–Kier alpha value is -2.83. The number of hydrogen-bond acceptors (Lipinski definition) is 6. The highest BCUT2D eigenvalue weighted by molar-refractivity contribution is 8.14. The van der Waals surface area contributed by atoms with Crippen LogP contribution in [0, 0.1) is 0 Å². The standard InChI is InChI=1S/C24H22O4S2/c1-15(2)23(26)29-20-10-6-18(7-11-20)17(5)14-22(25)28-19-8-12-21(13-9-19)30-24(27)16(3)4/h6-14H,1,3H2,2,4-5H3/b17-14+. The van der Waals surface area contributed by atoms with Gasteiger partial charge in [-0.25, -0.2) is 4.79 Å². The van der Waals surface area contributed by atoms with Crippen LogP contribution in [0.1, 0.15) is 26.3 Å². The van der Waals surface area contributed by atoms with Crippen LogP contribution in [0.3, 0.4) is 0 Å². The molecule has 0 aromatic heterocycles. The third kappa shape index (κ3) is 7.21. The van der Waals surface area contributed by atoms with E-state index in [0.29, 0.717) is 16.9 Å². The number of hydrogen-bond donors (Lipinski definition) is 0. The second kappa shape index (κ2) is 10.8. The zero-order chi connectivity index (χ0) is 22.3. The molecular formula is C24H22O4S2. The first-order valence-corrected chi connectivity index (χ1v) is 10.6. The molecule has 2 aromatic rings. The summed E-state index contributed by atoms with van der Waals surface area (Å²) in [5.74, 6) is -0.108. The van der Waals surface area contributed by atoms with Gasteiger partial charge in [0.15, 0.2) is 0 Å². The van der Waals surface area contributed by atoms with Gasteiger partial charge in [0.05, 0.1) is 0 Å².